The topological polar surface area (TPSA) is 101 Å². The molecule has 0 atom stereocenters. The van der Waals surface area contributed by atoms with E-state index in [0.717, 1.165) is 17.7 Å². The molecule has 0 aliphatic heterocycles. The summed E-state index contributed by atoms with van der Waals surface area (Å²) < 4.78 is 1.27. The minimum atomic E-state index is -0.699. The van der Waals surface area contributed by atoms with Gasteiger partial charge in [0.1, 0.15) is 5.82 Å². The van der Waals surface area contributed by atoms with Gasteiger partial charge in [0, 0.05) is 24.2 Å². The van der Waals surface area contributed by atoms with Crippen molar-refractivity contribution in [2.75, 3.05) is 17.7 Å². The molecule has 24 heavy (non-hydrogen) atoms. The molecule has 0 fully saturated rings. The van der Waals surface area contributed by atoms with E-state index < -0.39 is 17.2 Å². The van der Waals surface area contributed by atoms with E-state index >= 15 is 0 Å². The highest BCUT2D eigenvalue weighted by Gasteiger charge is 2.21. The second-order valence-electron chi connectivity index (χ2n) is 5.37. The third-order valence-corrected chi connectivity index (χ3v) is 3.93. The van der Waals surface area contributed by atoms with Crippen molar-refractivity contribution in [1.29, 1.82) is 0 Å². The number of anilines is 2. The molecule has 0 aliphatic rings. The van der Waals surface area contributed by atoms with Gasteiger partial charge in [-0.25, -0.2) is 4.79 Å². The van der Waals surface area contributed by atoms with E-state index in [0.29, 0.717) is 17.1 Å². The number of nitrogens with two attached hydrogens (primary N) is 1. The first-order valence-electron chi connectivity index (χ1n) is 7.53. The van der Waals surface area contributed by atoms with Crippen LogP contribution in [0.15, 0.2) is 33.9 Å². The van der Waals surface area contributed by atoms with Crippen molar-refractivity contribution >= 4 is 29.0 Å². The van der Waals surface area contributed by atoms with Gasteiger partial charge in [-0.05, 0) is 30.7 Å². The van der Waals surface area contributed by atoms with Crippen molar-refractivity contribution in [3.63, 3.8) is 0 Å². The molecule has 128 valence electrons. The van der Waals surface area contributed by atoms with Crippen LogP contribution < -0.4 is 21.9 Å². The standard InChI is InChI=1S/C16H19ClN4O3/c1-3-4-9-21-13(18)12(14(22)19-16(21)24)20(2)15(23)10-5-7-11(17)8-6-10/h5-8H,3-4,9,18H2,1-2H3,(H,19,22,24). The van der Waals surface area contributed by atoms with E-state index in [9.17, 15) is 14.4 Å². The van der Waals surface area contributed by atoms with E-state index in [4.69, 9.17) is 17.3 Å². The Morgan fingerprint density at radius 3 is 2.50 bits per heavy atom. The van der Waals surface area contributed by atoms with Gasteiger partial charge in [-0.1, -0.05) is 24.9 Å². The lowest BCUT2D eigenvalue weighted by molar-refractivity contribution is 0.0992. The maximum atomic E-state index is 12.6. The van der Waals surface area contributed by atoms with Crippen molar-refractivity contribution in [2.45, 2.75) is 26.3 Å². The molecule has 2 rings (SSSR count). The lowest BCUT2D eigenvalue weighted by Gasteiger charge is -2.20. The molecule has 0 aliphatic carbocycles. The van der Waals surface area contributed by atoms with Gasteiger partial charge in [0.2, 0.25) is 0 Å². The Balaban J connectivity index is 2.46. The Bertz CT molecular complexity index is 855. The van der Waals surface area contributed by atoms with Crippen molar-refractivity contribution < 1.29 is 4.79 Å². The summed E-state index contributed by atoms with van der Waals surface area (Å²) in [6.45, 7) is 2.35. The summed E-state index contributed by atoms with van der Waals surface area (Å²) in [5.74, 6) is -0.452. The molecular weight excluding hydrogens is 332 g/mol. The Morgan fingerprint density at radius 2 is 1.92 bits per heavy atom. The fourth-order valence-corrected chi connectivity index (χ4v) is 2.45. The third kappa shape index (κ3) is 3.51. The monoisotopic (exact) mass is 350 g/mol. The third-order valence-electron chi connectivity index (χ3n) is 3.68. The van der Waals surface area contributed by atoms with E-state index in [2.05, 4.69) is 4.98 Å². The van der Waals surface area contributed by atoms with Crippen LogP contribution >= 0.6 is 11.6 Å². The number of carbonyl (C=O) groups is 1. The molecule has 1 aromatic carbocycles. The fraction of sp³-hybridized carbons (Fsp3) is 0.312. The summed E-state index contributed by atoms with van der Waals surface area (Å²) in [4.78, 5) is 40.0. The molecule has 0 bridgehead atoms. The quantitative estimate of drug-likeness (QED) is 0.859. The van der Waals surface area contributed by atoms with Crippen molar-refractivity contribution in [2.24, 2.45) is 0 Å². The molecular formula is C16H19ClN4O3. The predicted octanol–water partition coefficient (Wildman–Crippen LogP) is 1.85. The largest absolute Gasteiger partial charge is 0.383 e. The molecule has 0 unspecified atom stereocenters. The first-order valence-corrected chi connectivity index (χ1v) is 7.90. The molecule has 1 amide bonds. The summed E-state index contributed by atoms with van der Waals surface area (Å²) in [5, 5.41) is 0.500. The number of carbonyl (C=O) groups excluding carboxylic acids is 1. The summed E-state index contributed by atoms with van der Waals surface area (Å²) in [5.41, 5.74) is 5.02. The van der Waals surface area contributed by atoms with Crippen LogP contribution in [-0.4, -0.2) is 22.5 Å². The molecule has 1 aromatic heterocycles. The highest BCUT2D eigenvalue weighted by Crippen LogP contribution is 2.19. The van der Waals surface area contributed by atoms with E-state index in [-0.39, 0.29) is 11.5 Å². The molecule has 3 N–H and O–H groups in total. The fourth-order valence-electron chi connectivity index (χ4n) is 2.33. The second kappa shape index (κ2) is 7.35. The van der Waals surface area contributed by atoms with Crippen LogP contribution in [0.1, 0.15) is 30.1 Å². The number of aromatic amines is 1. The SMILES string of the molecule is CCCCn1c(N)c(N(C)C(=O)c2ccc(Cl)cc2)c(=O)[nH]c1=O. The van der Waals surface area contributed by atoms with Gasteiger partial charge in [0.25, 0.3) is 11.5 Å². The zero-order valence-electron chi connectivity index (χ0n) is 13.5. The summed E-state index contributed by atoms with van der Waals surface area (Å²) in [7, 11) is 1.44. The number of nitrogen functional groups attached to an aromatic ring is 1. The van der Waals surface area contributed by atoms with Crippen molar-refractivity contribution in [3.05, 3.63) is 55.7 Å². The van der Waals surface area contributed by atoms with E-state index in [1.54, 1.807) is 24.3 Å². The summed E-state index contributed by atoms with van der Waals surface area (Å²) in [6, 6.07) is 6.27. The van der Waals surface area contributed by atoms with Gasteiger partial charge in [0.15, 0.2) is 5.69 Å². The van der Waals surface area contributed by atoms with Gasteiger partial charge in [-0.2, -0.15) is 0 Å². The molecule has 8 heteroatoms. The highest BCUT2D eigenvalue weighted by molar-refractivity contribution is 6.30. The number of nitrogens with one attached hydrogen (secondary N) is 1. The second-order valence-corrected chi connectivity index (χ2v) is 5.81. The number of H-pyrrole nitrogens is 1. The predicted molar refractivity (Wildman–Crippen MR) is 94.8 cm³/mol. The van der Waals surface area contributed by atoms with E-state index in [1.165, 1.54) is 11.6 Å². The average molecular weight is 351 g/mol. The average Bonchev–Trinajstić information content (AvgIpc) is 2.54. The molecule has 0 radical (unpaired) electrons. The van der Waals surface area contributed by atoms with Crippen LogP contribution in [-0.2, 0) is 6.54 Å². The smallest absolute Gasteiger partial charge is 0.330 e. The lowest BCUT2D eigenvalue weighted by Crippen LogP contribution is -2.39. The molecule has 2 aromatic rings. The minimum absolute atomic E-state index is 0.0259. The molecule has 7 nitrogen and oxygen atoms in total. The number of amides is 1. The number of nitrogens with zero attached hydrogens (tertiary/aromatic N) is 2. The van der Waals surface area contributed by atoms with Crippen LogP contribution in [0.3, 0.4) is 0 Å². The maximum Gasteiger partial charge on any atom is 0.330 e. The number of rotatable bonds is 5. The number of hydrogen-bond donors (Lipinski definition) is 2. The lowest BCUT2D eigenvalue weighted by atomic mass is 10.2. The van der Waals surface area contributed by atoms with Gasteiger partial charge < -0.3 is 10.6 Å². The Kier molecular flexibility index (Phi) is 5.46. The first kappa shape index (κ1) is 17.8. The van der Waals surface area contributed by atoms with E-state index in [1.807, 2.05) is 6.92 Å². The van der Waals surface area contributed by atoms with Crippen molar-refractivity contribution in [3.8, 4) is 0 Å². The van der Waals surface area contributed by atoms with Crippen LogP contribution in [0.25, 0.3) is 0 Å². The molecule has 0 saturated heterocycles. The number of hydrogen-bond acceptors (Lipinski definition) is 4. The zero-order chi connectivity index (χ0) is 17.9. The number of aromatic nitrogens is 2. The Labute approximate surface area is 143 Å². The van der Waals surface area contributed by atoms with Gasteiger partial charge in [-0.15, -0.1) is 0 Å². The molecule has 0 spiro atoms. The van der Waals surface area contributed by atoms with Crippen LogP contribution in [0.4, 0.5) is 11.5 Å². The van der Waals surface area contributed by atoms with Gasteiger partial charge in [-0.3, -0.25) is 19.1 Å². The number of halogens is 1. The van der Waals surface area contributed by atoms with Gasteiger partial charge in [0.05, 0.1) is 0 Å². The van der Waals surface area contributed by atoms with Gasteiger partial charge >= 0.3 is 5.69 Å². The normalized spacial score (nSPS) is 10.6. The van der Waals surface area contributed by atoms with Crippen LogP contribution in [0, 0.1) is 0 Å². The number of benzene rings is 1. The van der Waals surface area contributed by atoms with Crippen molar-refractivity contribution in [1.82, 2.24) is 9.55 Å². The number of unbranched alkanes of at least 4 members (excludes halogenated alkanes) is 1. The Hall–Kier alpha value is -2.54. The minimum Gasteiger partial charge on any atom is -0.383 e. The summed E-state index contributed by atoms with van der Waals surface area (Å²) in [6.07, 6.45) is 1.59. The Morgan fingerprint density at radius 1 is 1.29 bits per heavy atom. The van der Waals surface area contributed by atoms with Crippen LogP contribution in [0.2, 0.25) is 5.02 Å². The van der Waals surface area contributed by atoms with Crippen LogP contribution in [0.5, 0.6) is 0 Å². The molecule has 1 heterocycles. The first-order chi connectivity index (χ1) is 11.4. The maximum absolute atomic E-state index is 12.6. The zero-order valence-corrected chi connectivity index (χ0v) is 14.3. The highest BCUT2D eigenvalue weighted by atomic mass is 35.5. The molecule has 0 saturated carbocycles. The summed E-state index contributed by atoms with van der Waals surface area (Å²) >= 11 is 5.81.